The van der Waals surface area contributed by atoms with Crippen molar-refractivity contribution in [3.63, 3.8) is 0 Å². The quantitative estimate of drug-likeness (QED) is 0.824. The third-order valence-corrected chi connectivity index (χ3v) is 4.19. The molecule has 0 unspecified atom stereocenters. The Kier molecular flexibility index (Phi) is 3.16. The summed E-state index contributed by atoms with van der Waals surface area (Å²) in [6, 6.07) is 6.38. The van der Waals surface area contributed by atoms with Gasteiger partial charge in [0.2, 0.25) is 0 Å². The van der Waals surface area contributed by atoms with Crippen LogP contribution in [0, 0.1) is 13.8 Å². The Morgan fingerprint density at radius 3 is 2.30 bits per heavy atom. The number of hydrogen-bond acceptors (Lipinski definition) is 3. The Morgan fingerprint density at radius 2 is 1.70 bits per heavy atom. The van der Waals surface area contributed by atoms with E-state index < -0.39 is 0 Å². The first kappa shape index (κ1) is 13.0. The molecule has 3 rings (SSSR count). The molecule has 0 amide bonds. The molecule has 1 heterocycles. The minimum Gasteiger partial charge on any atom is -0.382 e. The highest BCUT2D eigenvalue weighted by Gasteiger charge is 2.25. The molecule has 1 aliphatic rings. The van der Waals surface area contributed by atoms with Gasteiger partial charge in [-0.1, -0.05) is 30.0 Å². The summed E-state index contributed by atoms with van der Waals surface area (Å²) in [6.45, 7) is 4.17. The molecule has 20 heavy (non-hydrogen) atoms. The number of benzene rings is 1. The predicted molar refractivity (Wildman–Crippen MR) is 82.9 cm³/mol. The van der Waals surface area contributed by atoms with Crippen LogP contribution < -0.4 is 11.6 Å². The second-order valence-electron chi connectivity index (χ2n) is 5.93. The fourth-order valence-electron chi connectivity index (χ4n) is 3.26. The van der Waals surface area contributed by atoms with Gasteiger partial charge >= 0.3 is 0 Å². The molecule has 0 saturated heterocycles. The number of aryl methyl sites for hydroxylation is 2. The summed E-state index contributed by atoms with van der Waals surface area (Å²) in [5.41, 5.74) is 10.5. The van der Waals surface area contributed by atoms with Crippen molar-refractivity contribution in [1.82, 2.24) is 9.66 Å². The van der Waals surface area contributed by atoms with E-state index in [1.54, 1.807) is 4.68 Å². The van der Waals surface area contributed by atoms with Crippen molar-refractivity contribution < 1.29 is 0 Å². The number of imidazole rings is 1. The maximum absolute atomic E-state index is 6.18. The maximum atomic E-state index is 6.18. The van der Waals surface area contributed by atoms with Crippen LogP contribution in [0.2, 0.25) is 0 Å². The molecule has 4 heteroatoms. The van der Waals surface area contributed by atoms with Crippen LogP contribution in [0.25, 0.3) is 11.3 Å². The highest BCUT2D eigenvalue weighted by Crippen LogP contribution is 2.36. The van der Waals surface area contributed by atoms with E-state index in [4.69, 9.17) is 16.6 Å². The van der Waals surface area contributed by atoms with Crippen molar-refractivity contribution in [2.75, 3.05) is 11.6 Å². The van der Waals surface area contributed by atoms with E-state index in [9.17, 15) is 0 Å². The second-order valence-corrected chi connectivity index (χ2v) is 5.93. The minimum absolute atomic E-state index is 0.460. The summed E-state index contributed by atoms with van der Waals surface area (Å²) in [5.74, 6) is 8.09. The SMILES string of the molecule is Cc1cc(C)cc(-c2nc(C3CCCC3)n(N)c2N)c1. The lowest BCUT2D eigenvalue weighted by atomic mass is 10.1. The summed E-state index contributed by atoms with van der Waals surface area (Å²) >= 11 is 0. The van der Waals surface area contributed by atoms with Gasteiger partial charge in [-0.2, -0.15) is 0 Å². The largest absolute Gasteiger partial charge is 0.382 e. The second kappa shape index (κ2) is 4.85. The van der Waals surface area contributed by atoms with Gasteiger partial charge in [-0.05, 0) is 38.8 Å². The summed E-state index contributed by atoms with van der Waals surface area (Å²) in [7, 11) is 0. The van der Waals surface area contributed by atoms with Crippen LogP contribution in [0.15, 0.2) is 18.2 Å². The zero-order valence-electron chi connectivity index (χ0n) is 12.2. The van der Waals surface area contributed by atoms with Crippen molar-refractivity contribution in [3.8, 4) is 11.3 Å². The number of nitrogen functional groups attached to an aromatic ring is 2. The summed E-state index contributed by atoms with van der Waals surface area (Å²) < 4.78 is 1.59. The zero-order chi connectivity index (χ0) is 14.3. The molecule has 1 aromatic heterocycles. The molecule has 0 radical (unpaired) electrons. The predicted octanol–water partition coefficient (Wildman–Crippen LogP) is 3.12. The van der Waals surface area contributed by atoms with Gasteiger partial charge in [-0.3, -0.25) is 0 Å². The van der Waals surface area contributed by atoms with E-state index in [1.807, 2.05) is 0 Å². The van der Waals surface area contributed by atoms with Gasteiger partial charge in [0.05, 0.1) is 0 Å². The van der Waals surface area contributed by atoms with Gasteiger partial charge in [0, 0.05) is 11.5 Å². The topological polar surface area (TPSA) is 69.9 Å². The molecule has 4 N–H and O–H groups in total. The summed E-state index contributed by atoms with van der Waals surface area (Å²) in [6.07, 6.45) is 4.85. The van der Waals surface area contributed by atoms with Crippen molar-refractivity contribution in [2.45, 2.75) is 45.4 Å². The van der Waals surface area contributed by atoms with E-state index in [0.29, 0.717) is 11.7 Å². The smallest absolute Gasteiger partial charge is 0.150 e. The molecule has 0 spiro atoms. The molecule has 1 aromatic carbocycles. The van der Waals surface area contributed by atoms with Gasteiger partial charge < -0.3 is 11.6 Å². The normalized spacial score (nSPS) is 15.9. The van der Waals surface area contributed by atoms with E-state index >= 15 is 0 Å². The van der Waals surface area contributed by atoms with Gasteiger partial charge in [0.15, 0.2) is 5.82 Å². The van der Waals surface area contributed by atoms with E-state index in [1.165, 1.54) is 36.8 Å². The first-order valence-corrected chi connectivity index (χ1v) is 7.28. The van der Waals surface area contributed by atoms with Crippen LogP contribution in [-0.2, 0) is 0 Å². The number of nitrogens with zero attached hydrogens (tertiary/aromatic N) is 2. The van der Waals surface area contributed by atoms with Gasteiger partial charge in [0.1, 0.15) is 11.5 Å². The average Bonchev–Trinajstić information content (AvgIpc) is 2.99. The standard InChI is InChI=1S/C16H22N4/c1-10-7-11(2)9-13(8-10)14-15(17)20(18)16(19-14)12-5-3-4-6-12/h7-9,12H,3-6,17-18H2,1-2H3. The Balaban J connectivity index is 2.07. The lowest BCUT2D eigenvalue weighted by molar-refractivity contribution is 0.648. The molecule has 0 atom stereocenters. The molecule has 106 valence electrons. The number of aromatic nitrogens is 2. The van der Waals surface area contributed by atoms with Crippen LogP contribution in [0.1, 0.15) is 48.6 Å². The molecular formula is C16H22N4. The Hall–Kier alpha value is -1.97. The van der Waals surface area contributed by atoms with Crippen LogP contribution in [0.3, 0.4) is 0 Å². The van der Waals surface area contributed by atoms with E-state index in [0.717, 1.165) is 17.1 Å². The van der Waals surface area contributed by atoms with Crippen molar-refractivity contribution >= 4 is 5.82 Å². The molecule has 4 nitrogen and oxygen atoms in total. The van der Waals surface area contributed by atoms with Crippen LogP contribution in [0.4, 0.5) is 5.82 Å². The number of anilines is 1. The molecule has 0 bridgehead atoms. The molecule has 2 aromatic rings. The summed E-state index contributed by atoms with van der Waals surface area (Å²) in [5, 5.41) is 0. The first-order chi connectivity index (χ1) is 9.56. The maximum Gasteiger partial charge on any atom is 0.150 e. The highest BCUT2D eigenvalue weighted by molar-refractivity contribution is 5.72. The van der Waals surface area contributed by atoms with Gasteiger partial charge in [-0.25, -0.2) is 9.66 Å². The molecule has 1 aliphatic carbocycles. The zero-order valence-corrected chi connectivity index (χ0v) is 12.2. The van der Waals surface area contributed by atoms with Crippen LogP contribution in [-0.4, -0.2) is 9.66 Å². The molecule has 1 saturated carbocycles. The molecule has 1 fully saturated rings. The molecular weight excluding hydrogens is 248 g/mol. The van der Waals surface area contributed by atoms with Gasteiger partial charge in [-0.15, -0.1) is 0 Å². The number of nitrogens with two attached hydrogens (primary N) is 2. The van der Waals surface area contributed by atoms with Crippen LogP contribution in [0.5, 0.6) is 0 Å². The average molecular weight is 270 g/mol. The van der Waals surface area contributed by atoms with E-state index in [-0.39, 0.29) is 0 Å². The highest BCUT2D eigenvalue weighted by atomic mass is 15.4. The van der Waals surface area contributed by atoms with Crippen molar-refractivity contribution in [1.29, 1.82) is 0 Å². The van der Waals surface area contributed by atoms with Crippen molar-refractivity contribution in [2.24, 2.45) is 0 Å². The Bertz CT molecular complexity index is 616. The minimum atomic E-state index is 0.460. The first-order valence-electron chi connectivity index (χ1n) is 7.28. The lowest BCUT2D eigenvalue weighted by Crippen LogP contribution is -2.17. The monoisotopic (exact) mass is 270 g/mol. The number of rotatable bonds is 2. The van der Waals surface area contributed by atoms with Crippen molar-refractivity contribution in [3.05, 3.63) is 35.2 Å². The third-order valence-electron chi connectivity index (χ3n) is 4.19. The van der Waals surface area contributed by atoms with Gasteiger partial charge in [0.25, 0.3) is 0 Å². The fraction of sp³-hybridized carbons (Fsp3) is 0.438. The Labute approximate surface area is 119 Å². The lowest BCUT2D eigenvalue weighted by Gasteiger charge is -2.08. The molecule has 0 aliphatic heterocycles. The fourth-order valence-corrected chi connectivity index (χ4v) is 3.26. The third kappa shape index (κ3) is 2.15. The summed E-state index contributed by atoms with van der Waals surface area (Å²) in [4.78, 5) is 4.76. The number of hydrogen-bond donors (Lipinski definition) is 2. The van der Waals surface area contributed by atoms with Crippen LogP contribution >= 0.6 is 0 Å². The Morgan fingerprint density at radius 1 is 1.10 bits per heavy atom. The van der Waals surface area contributed by atoms with E-state index in [2.05, 4.69) is 32.0 Å².